The van der Waals surface area contributed by atoms with Crippen molar-refractivity contribution in [2.45, 2.75) is 0 Å². The number of fused-ring (bicyclic) bond motifs is 4. The Kier molecular flexibility index (Phi) is 4.19. The minimum atomic E-state index is 1.11. The average Bonchev–Trinajstić information content (AvgIpc) is 2.79. The lowest BCUT2D eigenvalue weighted by atomic mass is 9.86. The molecular formula is C28H16Br2. The van der Waals surface area contributed by atoms with Crippen molar-refractivity contribution in [3.8, 4) is 11.1 Å². The highest BCUT2D eigenvalue weighted by Gasteiger charge is 2.19. The summed E-state index contributed by atoms with van der Waals surface area (Å²) >= 11 is 7.77. The number of halogens is 2. The number of rotatable bonds is 1. The van der Waals surface area contributed by atoms with E-state index >= 15 is 0 Å². The Labute approximate surface area is 191 Å². The van der Waals surface area contributed by atoms with E-state index in [0.717, 1.165) is 8.95 Å². The van der Waals surface area contributed by atoms with Crippen LogP contribution in [0.15, 0.2) is 106 Å². The van der Waals surface area contributed by atoms with Crippen molar-refractivity contribution >= 4 is 74.9 Å². The van der Waals surface area contributed by atoms with Gasteiger partial charge < -0.3 is 0 Å². The molecule has 0 nitrogen and oxygen atoms in total. The molecule has 0 saturated heterocycles. The molecule has 0 saturated carbocycles. The van der Waals surface area contributed by atoms with Crippen molar-refractivity contribution in [3.63, 3.8) is 0 Å². The summed E-state index contributed by atoms with van der Waals surface area (Å²) in [6.07, 6.45) is 0. The van der Waals surface area contributed by atoms with E-state index in [2.05, 4.69) is 129 Å². The van der Waals surface area contributed by atoms with Gasteiger partial charge >= 0.3 is 0 Å². The summed E-state index contributed by atoms with van der Waals surface area (Å²) in [6.45, 7) is 0. The molecule has 0 fully saturated rings. The van der Waals surface area contributed by atoms with Gasteiger partial charge in [-0.2, -0.15) is 0 Å². The molecule has 142 valence electrons. The molecule has 0 unspecified atom stereocenters. The molecule has 0 amide bonds. The first-order valence-corrected chi connectivity index (χ1v) is 11.5. The first-order valence-electron chi connectivity index (χ1n) is 9.93. The standard InChI is InChI=1S/C28H16Br2/c29-24-15-7-14-23-26(24)27(21-12-5-6-13-22(21)28(23)30)25-19-10-3-1-8-17(19)16-18-9-2-4-11-20(18)25/h1-16H. The van der Waals surface area contributed by atoms with E-state index < -0.39 is 0 Å². The van der Waals surface area contributed by atoms with Crippen LogP contribution in [0.5, 0.6) is 0 Å². The Hall–Kier alpha value is -2.68. The van der Waals surface area contributed by atoms with E-state index in [1.807, 2.05) is 0 Å². The third kappa shape index (κ3) is 2.57. The van der Waals surface area contributed by atoms with Gasteiger partial charge in [0.15, 0.2) is 0 Å². The average molecular weight is 512 g/mol. The van der Waals surface area contributed by atoms with Crippen LogP contribution in [0.4, 0.5) is 0 Å². The van der Waals surface area contributed by atoms with Crippen molar-refractivity contribution in [3.05, 3.63) is 106 Å². The van der Waals surface area contributed by atoms with Crippen LogP contribution in [0.1, 0.15) is 0 Å². The molecule has 0 bridgehead atoms. The molecular weight excluding hydrogens is 496 g/mol. The maximum atomic E-state index is 3.90. The Balaban J connectivity index is 1.98. The molecule has 30 heavy (non-hydrogen) atoms. The molecule has 0 aromatic heterocycles. The van der Waals surface area contributed by atoms with E-state index in [0.29, 0.717) is 0 Å². The summed E-state index contributed by atoms with van der Waals surface area (Å²) in [6, 6.07) is 34.9. The largest absolute Gasteiger partial charge is 0.0616 e. The fourth-order valence-corrected chi connectivity index (χ4v) is 5.92. The van der Waals surface area contributed by atoms with E-state index in [4.69, 9.17) is 0 Å². The van der Waals surface area contributed by atoms with Crippen molar-refractivity contribution in [2.75, 3.05) is 0 Å². The third-order valence-electron chi connectivity index (χ3n) is 5.95. The monoisotopic (exact) mass is 510 g/mol. The third-order valence-corrected chi connectivity index (χ3v) is 7.47. The molecule has 0 N–H and O–H groups in total. The predicted octanol–water partition coefficient (Wildman–Crippen LogP) is 9.49. The van der Waals surface area contributed by atoms with E-state index in [1.165, 1.54) is 54.2 Å². The lowest BCUT2D eigenvalue weighted by Crippen LogP contribution is -1.91. The van der Waals surface area contributed by atoms with Crippen LogP contribution in [0.25, 0.3) is 54.2 Å². The van der Waals surface area contributed by atoms with Crippen LogP contribution in [-0.2, 0) is 0 Å². The van der Waals surface area contributed by atoms with Gasteiger partial charge in [-0.3, -0.25) is 0 Å². The Morgan fingerprint density at radius 3 is 1.63 bits per heavy atom. The zero-order valence-electron chi connectivity index (χ0n) is 16.0. The zero-order chi connectivity index (χ0) is 20.2. The smallest absolute Gasteiger partial charge is 0.0333 e. The molecule has 6 aromatic carbocycles. The van der Waals surface area contributed by atoms with Gasteiger partial charge in [-0.15, -0.1) is 0 Å². The minimum absolute atomic E-state index is 1.11. The van der Waals surface area contributed by atoms with Gasteiger partial charge in [0.2, 0.25) is 0 Å². The molecule has 0 heterocycles. The molecule has 6 rings (SSSR count). The SMILES string of the molecule is Brc1c2ccccc2c(-c2c3ccccc3cc3ccccc23)c2c(Br)cccc12. The molecule has 0 aliphatic carbocycles. The summed E-state index contributed by atoms with van der Waals surface area (Å²) in [5, 5.41) is 10.0. The number of hydrogen-bond donors (Lipinski definition) is 0. The second-order valence-corrected chi connectivity index (χ2v) is 9.24. The van der Waals surface area contributed by atoms with Crippen molar-refractivity contribution < 1.29 is 0 Å². The highest BCUT2D eigenvalue weighted by atomic mass is 79.9. The Morgan fingerprint density at radius 1 is 0.433 bits per heavy atom. The molecule has 0 atom stereocenters. The fourth-order valence-electron chi connectivity index (χ4n) is 4.68. The Bertz CT molecular complexity index is 1560. The maximum Gasteiger partial charge on any atom is 0.0333 e. The minimum Gasteiger partial charge on any atom is -0.0616 e. The van der Waals surface area contributed by atoms with Gasteiger partial charge in [0, 0.05) is 14.3 Å². The lowest BCUT2D eigenvalue weighted by Gasteiger charge is -2.19. The normalized spacial score (nSPS) is 11.7. The number of hydrogen-bond acceptors (Lipinski definition) is 0. The highest BCUT2D eigenvalue weighted by Crippen LogP contribution is 2.48. The second kappa shape index (κ2) is 6.94. The maximum absolute atomic E-state index is 3.90. The molecule has 0 aliphatic rings. The summed E-state index contributed by atoms with van der Waals surface area (Å²) in [5.41, 5.74) is 2.58. The van der Waals surface area contributed by atoms with Crippen molar-refractivity contribution in [1.82, 2.24) is 0 Å². The fraction of sp³-hybridized carbons (Fsp3) is 0. The van der Waals surface area contributed by atoms with Crippen LogP contribution >= 0.6 is 31.9 Å². The van der Waals surface area contributed by atoms with Gasteiger partial charge in [0.05, 0.1) is 0 Å². The summed E-state index contributed by atoms with van der Waals surface area (Å²) in [7, 11) is 0. The number of benzene rings is 6. The molecule has 0 radical (unpaired) electrons. The molecule has 0 aliphatic heterocycles. The van der Waals surface area contributed by atoms with E-state index in [9.17, 15) is 0 Å². The molecule has 6 aromatic rings. The van der Waals surface area contributed by atoms with Gasteiger partial charge in [0.25, 0.3) is 0 Å². The first kappa shape index (κ1) is 18.1. The topological polar surface area (TPSA) is 0 Å². The summed E-state index contributed by atoms with van der Waals surface area (Å²) < 4.78 is 2.25. The lowest BCUT2D eigenvalue weighted by molar-refractivity contribution is 1.69. The van der Waals surface area contributed by atoms with Gasteiger partial charge in [-0.05, 0) is 76.9 Å². The van der Waals surface area contributed by atoms with Crippen molar-refractivity contribution in [1.29, 1.82) is 0 Å². The predicted molar refractivity (Wildman–Crippen MR) is 137 cm³/mol. The van der Waals surface area contributed by atoms with Crippen LogP contribution in [0, 0.1) is 0 Å². The second-order valence-electron chi connectivity index (χ2n) is 7.59. The summed E-state index contributed by atoms with van der Waals surface area (Å²) in [4.78, 5) is 0. The molecule has 2 heteroatoms. The molecule has 0 spiro atoms. The Morgan fingerprint density at radius 2 is 0.967 bits per heavy atom. The highest BCUT2D eigenvalue weighted by molar-refractivity contribution is 9.11. The van der Waals surface area contributed by atoms with Crippen LogP contribution in [0.2, 0.25) is 0 Å². The van der Waals surface area contributed by atoms with Crippen LogP contribution < -0.4 is 0 Å². The zero-order valence-corrected chi connectivity index (χ0v) is 19.2. The quantitative estimate of drug-likeness (QED) is 0.193. The van der Waals surface area contributed by atoms with Crippen molar-refractivity contribution in [2.24, 2.45) is 0 Å². The van der Waals surface area contributed by atoms with E-state index in [-0.39, 0.29) is 0 Å². The van der Waals surface area contributed by atoms with Crippen LogP contribution in [0.3, 0.4) is 0 Å². The first-order chi connectivity index (χ1) is 14.7. The van der Waals surface area contributed by atoms with Gasteiger partial charge in [-0.25, -0.2) is 0 Å². The van der Waals surface area contributed by atoms with Gasteiger partial charge in [-0.1, -0.05) is 101 Å². The van der Waals surface area contributed by atoms with Gasteiger partial charge in [0.1, 0.15) is 0 Å². The van der Waals surface area contributed by atoms with E-state index in [1.54, 1.807) is 0 Å². The van der Waals surface area contributed by atoms with Crippen LogP contribution in [-0.4, -0.2) is 0 Å². The summed E-state index contributed by atoms with van der Waals surface area (Å²) in [5.74, 6) is 0.